The standard InChI is InChI=1S/C27H35N5O/c1-19-20(2)26-22(15-27(3,4)33-26)23(25(19)28)17-31-13-11-30(12-14-31)16-21-7-5-6-8-24(21)32-10-9-29-18-32/h5-10,18H,11-17,28H2,1-4H3. The Morgan fingerprint density at radius 3 is 2.39 bits per heavy atom. The van der Waals surface area contributed by atoms with E-state index in [0.29, 0.717) is 0 Å². The summed E-state index contributed by atoms with van der Waals surface area (Å²) < 4.78 is 8.42. The number of anilines is 1. The second-order valence-electron chi connectivity index (χ2n) is 10.1. The molecule has 2 aliphatic heterocycles. The first-order valence-electron chi connectivity index (χ1n) is 11.9. The molecule has 0 aliphatic carbocycles. The van der Waals surface area contributed by atoms with Crippen LogP contribution in [0.2, 0.25) is 0 Å². The number of rotatable bonds is 5. The third kappa shape index (κ3) is 4.25. The van der Waals surface area contributed by atoms with Crippen LogP contribution in [0.5, 0.6) is 5.75 Å². The highest BCUT2D eigenvalue weighted by atomic mass is 16.5. The second kappa shape index (κ2) is 8.50. The molecule has 0 saturated carbocycles. The van der Waals surface area contributed by atoms with Gasteiger partial charge in [-0.15, -0.1) is 0 Å². The molecule has 6 heteroatoms. The molecule has 1 saturated heterocycles. The molecule has 1 fully saturated rings. The molecule has 3 heterocycles. The van der Waals surface area contributed by atoms with E-state index in [1.54, 1.807) is 0 Å². The Labute approximate surface area is 197 Å². The van der Waals surface area contributed by atoms with Gasteiger partial charge < -0.3 is 15.0 Å². The second-order valence-corrected chi connectivity index (χ2v) is 10.1. The van der Waals surface area contributed by atoms with Crippen LogP contribution in [-0.4, -0.2) is 51.1 Å². The van der Waals surface area contributed by atoms with Gasteiger partial charge in [-0.2, -0.15) is 0 Å². The van der Waals surface area contributed by atoms with Crippen molar-refractivity contribution in [3.63, 3.8) is 0 Å². The largest absolute Gasteiger partial charge is 0.487 e. The summed E-state index contributed by atoms with van der Waals surface area (Å²) in [5.41, 5.74) is 14.9. The van der Waals surface area contributed by atoms with Gasteiger partial charge in [-0.05, 0) is 56.0 Å². The highest BCUT2D eigenvalue weighted by Gasteiger charge is 2.35. The minimum Gasteiger partial charge on any atom is -0.487 e. The van der Waals surface area contributed by atoms with Gasteiger partial charge in [0.25, 0.3) is 0 Å². The third-order valence-corrected chi connectivity index (χ3v) is 7.27. The summed E-state index contributed by atoms with van der Waals surface area (Å²) in [6, 6.07) is 8.61. The predicted octanol–water partition coefficient (Wildman–Crippen LogP) is 4.10. The Morgan fingerprint density at radius 2 is 1.70 bits per heavy atom. The molecule has 1 aromatic heterocycles. The molecule has 6 nitrogen and oxygen atoms in total. The number of nitrogen functional groups attached to an aromatic ring is 1. The summed E-state index contributed by atoms with van der Waals surface area (Å²) in [5, 5.41) is 0. The Balaban J connectivity index is 1.28. The molecule has 0 atom stereocenters. The SMILES string of the molecule is Cc1c(C)c2c(c(CN3CCN(Cc4ccccc4-n4ccnc4)CC3)c1N)CC(C)(C)O2. The molecule has 0 radical (unpaired) electrons. The van der Waals surface area contributed by atoms with Crippen molar-refractivity contribution in [3.8, 4) is 11.4 Å². The van der Waals surface area contributed by atoms with Crippen molar-refractivity contribution in [1.29, 1.82) is 0 Å². The van der Waals surface area contributed by atoms with E-state index in [4.69, 9.17) is 10.5 Å². The number of nitrogens with two attached hydrogens (primary N) is 1. The van der Waals surface area contributed by atoms with Crippen molar-refractivity contribution in [2.75, 3.05) is 31.9 Å². The van der Waals surface area contributed by atoms with E-state index in [1.807, 2.05) is 18.7 Å². The average Bonchev–Trinajstić information content (AvgIpc) is 3.44. The van der Waals surface area contributed by atoms with Crippen LogP contribution in [0.25, 0.3) is 5.69 Å². The number of piperazine rings is 1. The van der Waals surface area contributed by atoms with Gasteiger partial charge in [0.2, 0.25) is 0 Å². The van der Waals surface area contributed by atoms with Crippen LogP contribution in [0, 0.1) is 13.8 Å². The molecule has 2 aromatic carbocycles. The van der Waals surface area contributed by atoms with Gasteiger partial charge >= 0.3 is 0 Å². The molecule has 3 aromatic rings. The Bertz CT molecular complexity index is 1140. The maximum Gasteiger partial charge on any atom is 0.127 e. The number of para-hydroxylation sites is 1. The van der Waals surface area contributed by atoms with Gasteiger partial charge in [0.05, 0.1) is 12.0 Å². The molecule has 0 unspecified atom stereocenters. The number of nitrogens with zero attached hydrogens (tertiary/aromatic N) is 4. The van der Waals surface area contributed by atoms with E-state index in [0.717, 1.165) is 62.7 Å². The van der Waals surface area contributed by atoms with Crippen molar-refractivity contribution in [3.05, 3.63) is 70.8 Å². The van der Waals surface area contributed by atoms with E-state index < -0.39 is 0 Å². The first-order valence-corrected chi connectivity index (χ1v) is 11.9. The lowest BCUT2D eigenvalue weighted by Gasteiger charge is -2.35. The molecule has 0 amide bonds. The summed E-state index contributed by atoms with van der Waals surface area (Å²) in [6.45, 7) is 14.6. The zero-order chi connectivity index (χ0) is 23.2. The maximum atomic E-state index is 6.65. The van der Waals surface area contributed by atoms with Gasteiger partial charge in [-0.1, -0.05) is 18.2 Å². The molecule has 0 spiro atoms. The molecule has 33 heavy (non-hydrogen) atoms. The molecular weight excluding hydrogens is 410 g/mol. The molecule has 5 rings (SSSR count). The van der Waals surface area contributed by atoms with E-state index in [1.165, 1.54) is 27.9 Å². The molecule has 174 valence electrons. The zero-order valence-corrected chi connectivity index (χ0v) is 20.3. The van der Waals surface area contributed by atoms with Crippen LogP contribution in [0.15, 0.2) is 43.0 Å². The van der Waals surface area contributed by atoms with Gasteiger partial charge in [0.1, 0.15) is 11.4 Å². The van der Waals surface area contributed by atoms with E-state index in [-0.39, 0.29) is 5.60 Å². The minimum atomic E-state index is -0.163. The summed E-state index contributed by atoms with van der Waals surface area (Å²) in [5.74, 6) is 1.07. The Hall–Kier alpha value is -2.83. The fraction of sp³-hybridized carbons (Fsp3) is 0.444. The fourth-order valence-corrected chi connectivity index (χ4v) is 5.24. The lowest BCUT2D eigenvalue weighted by molar-refractivity contribution is 0.122. The number of ether oxygens (including phenoxy) is 1. The van der Waals surface area contributed by atoms with E-state index >= 15 is 0 Å². The highest BCUT2D eigenvalue weighted by Crippen LogP contribution is 2.44. The Kier molecular flexibility index (Phi) is 5.67. The first-order chi connectivity index (χ1) is 15.8. The summed E-state index contributed by atoms with van der Waals surface area (Å²) in [4.78, 5) is 9.31. The van der Waals surface area contributed by atoms with Gasteiger partial charge in [0, 0.05) is 69.3 Å². The first kappa shape index (κ1) is 22.0. The molecular formula is C27H35N5O. The number of hydrogen-bond acceptors (Lipinski definition) is 5. The molecule has 0 bridgehead atoms. The number of fused-ring (bicyclic) bond motifs is 1. The maximum absolute atomic E-state index is 6.65. The van der Waals surface area contributed by atoms with Crippen molar-refractivity contribution < 1.29 is 4.74 Å². The third-order valence-electron chi connectivity index (χ3n) is 7.27. The smallest absolute Gasteiger partial charge is 0.127 e. The normalized spacial score (nSPS) is 18.3. The highest BCUT2D eigenvalue weighted by molar-refractivity contribution is 5.67. The van der Waals surface area contributed by atoms with E-state index in [9.17, 15) is 0 Å². The summed E-state index contributed by atoms with van der Waals surface area (Å²) in [6.07, 6.45) is 6.63. The van der Waals surface area contributed by atoms with Crippen LogP contribution < -0.4 is 10.5 Å². The average molecular weight is 446 g/mol. The number of aromatic nitrogens is 2. The van der Waals surface area contributed by atoms with Crippen LogP contribution in [0.1, 0.15) is 41.7 Å². The van der Waals surface area contributed by atoms with Crippen molar-refractivity contribution in [1.82, 2.24) is 19.4 Å². The predicted molar refractivity (Wildman–Crippen MR) is 133 cm³/mol. The van der Waals surface area contributed by atoms with Crippen LogP contribution >= 0.6 is 0 Å². The Morgan fingerprint density at radius 1 is 1.00 bits per heavy atom. The lowest BCUT2D eigenvalue weighted by Crippen LogP contribution is -2.45. The molecule has 2 aliphatic rings. The van der Waals surface area contributed by atoms with Crippen molar-refractivity contribution in [2.24, 2.45) is 0 Å². The van der Waals surface area contributed by atoms with Crippen LogP contribution in [0.3, 0.4) is 0 Å². The quantitative estimate of drug-likeness (QED) is 0.599. The topological polar surface area (TPSA) is 59.5 Å². The van der Waals surface area contributed by atoms with E-state index in [2.05, 4.69) is 71.3 Å². The van der Waals surface area contributed by atoms with Crippen molar-refractivity contribution in [2.45, 2.75) is 52.8 Å². The van der Waals surface area contributed by atoms with Gasteiger partial charge in [0.15, 0.2) is 0 Å². The monoisotopic (exact) mass is 445 g/mol. The van der Waals surface area contributed by atoms with Crippen LogP contribution in [0.4, 0.5) is 5.69 Å². The fourth-order valence-electron chi connectivity index (χ4n) is 5.24. The summed E-state index contributed by atoms with van der Waals surface area (Å²) >= 11 is 0. The minimum absolute atomic E-state index is 0.163. The molecule has 2 N–H and O–H groups in total. The zero-order valence-electron chi connectivity index (χ0n) is 20.3. The number of benzene rings is 2. The van der Waals surface area contributed by atoms with Gasteiger partial charge in [-0.3, -0.25) is 9.80 Å². The lowest BCUT2D eigenvalue weighted by atomic mass is 9.91. The number of imidazole rings is 1. The van der Waals surface area contributed by atoms with Crippen molar-refractivity contribution >= 4 is 5.69 Å². The van der Waals surface area contributed by atoms with Gasteiger partial charge in [-0.25, -0.2) is 4.98 Å². The number of hydrogen-bond donors (Lipinski definition) is 1. The summed E-state index contributed by atoms with van der Waals surface area (Å²) in [7, 11) is 0. The van der Waals surface area contributed by atoms with Crippen LogP contribution in [-0.2, 0) is 19.5 Å².